The van der Waals surface area contributed by atoms with Crippen molar-refractivity contribution in [2.75, 3.05) is 0 Å². The third kappa shape index (κ3) is 1.21. The smallest absolute Gasteiger partial charge is 0.261 e. The summed E-state index contributed by atoms with van der Waals surface area (Å²) in [5, 5.41) is 3.71. The van der Waals surface area contributed by atoms with Crippen molar-refractivity contribution in [3.05, 3.63) is 47.9 Å². The lowest BCUT2D eigenvalue weighted by molar-refractivity contribution is -0.675. The van der Waals surface area contributed by atoms with E-state index in [1.807, 2.05) is 0 Å². The minimum atomic E-state index is 0.765. The van der Waals surface area contributed by atoms with Crippen LogP contribution in [0.2, 0.25) is 0 Å². The highest BCUT2D eigenvalue weighted by Crippen LogP contribution is 2.39. The average Bonchev–Trinajstić information content (AvgIpc) is 3.03. The Bertz CT molecular complexity index is 1310. The van der Waals surface area contributed by atoms with Gasteiger partial charge in [0.2, 0.25) is 12.3 Å². The topological polar surface area (TPSA) is 34.8 Å². The molecule has 0 amide bonds. The number of benzene rings is 2. The Morgan fingerprint density at radius 1 is 1.09 bits per heavy atom. The van der Waals surface area contributed by atoms with Gasteiger partial charge in [-0.1, -0.05) is 12.1 Å². The fourth-order valence-electron chi connectivity index (χ4n) is 4.06. The summed E-state index contributed by atoms with van der Waals surface area (Å²) < 4.78 is 10.8. The predicted molar refractivity (Wildman–Crippen MR) is 89.6 cm³/mol. The van der Waals surface area contributed by atoms with E-state index in [2.05, 4.69) is 59.5 Å². The molecular weight excluding hydrogens is 286 g/mol. The van der Waals surface area contributed by atoms with Crippen molar-refractivity contribution in [3.8, 4) is 0 Å². The maximum absolute atomic E-state index is 6.21. The van der Waals surface area contributed by atoms with Crippen molar-refractivity contribution < 1.29 is 8.98 Å². The summed E-state index contributed by atoms with van der Waals surface area (Å²) in [5.41, 5.74) is 6.59. The summed E-state index contributed by atoms with van der Waals surface area (Å²) in [6, 6.07) is 10.7. The van der Waals surface area contributed by atoms with Crippen molar-refractivity contribution in [1.29, 1.82) is 0 Å². The van der Waals surface area contributed by atoms with E-state index in [0.717, 1.165) is 29.2 Å². The van der Waals surface area contributed by atoms with Gasteiger partial charge in [-0.05, 0) is 31.4 Å². The van der Waals surface area contributed by atoms with Crippen LogP contribution in [0, 0.1) is 13.8 Å². The van der Waals surface area contributed by atoms with Crippen molar-refractivity contribution in [2.24, 2.45) is 0 Å². The standard InChI is InChI=1S/C19H14N3O/c1-10-7-8-21-9-22-11(2)20-13-5-3-12-4-6-14-16(15(12)17(13)22)18(21)19(10)23-14/h3-8H,9H2,1-2H3/q+1. The molecule has 1 aliphatic heterocycles. The van der Waals surface area contributed by atoms with Crippen LogP contribution in [0.25, 0.3) is 43.9 Å². The molecule has 2 aromatic carbocycles. The number of aromatic nitrogens is 3. The largest absolute Gasteiger partial charge is 0.449 e. The molecule has 23 heavy (non-hydrogen) atoms. The first-order valence-corrected chi connectivity index (χ1v) is 7.86. The lowest BCUT2D eigenvalue weighted by atomic mass is 10.0. The molecule has 0 atom stereocenters. The second-order valence-electron chi connectivity index (χ2n) is 6.45. The normalized spacial score (nSPS) is 13.5. The molecular formula is C19H14N3O+. The molecule has 0 saturated carbocycles. The van der Waals surface area contributed by atoms with Gasteiger partial charge < -0.3 is 4.42 Å². The van der Waals surface area contributed by atoms with Crippen molar-refractivity contribution in [3.63, 3.8) is 0 Å². The van der Waals surface area contributed by atoms with E-state index in [0.29, 0.717) is 0 Å². The highest BCUT2D eigenvalue weighted by molar-refractivity contribution is 6.24. The van der Waals surface area contributed by atoms with Gasteiger partial charge in [0.1, 0.15) is 16.8 Å². The minimum Gasteiger partial charge on any atom is -0.449 e. The Labute approximate surface area is 131 Å². The summed E-state index contributed by atoms with van der Waals surface area (Å²) >= 11 is 0. The van der Waals surface area contributed by atoms with E-state index < -0.39 is 0 Å². The zero-order chi connectivity index (χ0) is 15.3. The van der Waals surface area contributed by atoms with Crippen LogP contribution < -0.4 is 4.57 Å². The maximum atomic E-state index is 6.21. The van der Waals surface area contributed by atoms with Crippen LogP contribution in [0.5, 0.6) is 0 Å². The summed E-state index contributed by atoms with van der Waals surface area (Å²) in [7, 11) is 0. The Hall–Kier alpha value is -2.88. The van der Waals surface area contributed by atoms with Crippen molar-refractivity contribution >= 4 is 43.9 Å². The molecule has 0 saturated heterocycles. The molecule has 4 nitrogen and oxygen atoms in total. The molecule has 0 radical (unpaired) electrons. The Morgan fingerprint density at radius 3 is 2.87 bits per heavy atom. The molecule has 1 aliphatic rings. The summed E-state index contributed by atoms with van der Waals surface area (Å²) in [6.07, 6.45) is 2.16. The third-order valence-electron chi connectivity index (χ3n) is 5.15. The Balaban J connectivity index is 2.09. The molecule has 0 spiro atoms. The van der Waals surface area contributed by atoms with E-state index >= 15 is 0 Å². The van der Waals surface area contributed by atoms with Crippen LogP contribution >= 0.6 is 0 Å². The second-order valence-corrected chi connectivity index (χ2v) is 6.45. The lowest BCUT2D eigenvalue weighted by Gasteiger charge is -2.04. The molecule has 4 heteroatoms. The zero-order valence-corrected chi connectivity index (χ0v) is 12.9. The number of hydrogen-bond acceptors (Lipinski definition) is 2. The van der Waals surface area contributed by atoms with Gasteiger partial charge in [0, 0.05) is 17.0 Å². The van der Waals surface area contributed by atoms with Crippen LogP contribution in [0.1, 0.15) is 11.4 Å². The zero-order valence-electron chi connectivity index (χ0n) is 12.9. The van der Waals surface area contributed by atoms with Crippen LogP contribution in [0.4, 0.5) is 0 Å². The fourth-order valence-corrected chi connectivity index (χ4v) is 4.06. The van der Waals surface area contributed by atoms with Crippen LogP contribution in [0.15, 0.2) is 40.9 Å². The van der Waals surface area contributed by atoms with E-state index in [1.54, 1.807) is 0 Å². The second kappa shape index (κ2) is 3.54. The Kier molecular flexibility index (Phi) is 1.79. The molecule has 110 valence electrons. The quantitative estimate of drug-likeness (QED) is 0.400. The maximum Gasteiger partial charge on any atom is 0.261 e. The van der Waals surface area contributed by atoms with Gasteiger partial charge in [-0.2, -0.15) is 4.57 Å². The number of nitrogens with zero attached hydrogens (tertiary/aromatic N) is 3. The van der Waals surface area contributed by atoms with Crippen LogP contribution in [-0.2, 0) is 6.67 Å². The Morgan fingerprint density at radius 2 is 1.96 bits per heavy atom. The number of rotatable bonds is 0. The number of imidazole rings is 1. The number of pyridine rings is 1. The van der Waals surface area contributed by atoms with Crippen molar-refractivity contribution in [1.82, 2.24) is 9.55 Å². The monoisotopic (exact) mass is 300 g/mol. The molecule has 0 fully saturated rings. The van der Waals surface area contributed by atoms with Gasteiger partial charge in [-0.25, -0.2) is 4.98 Å². The molecule has 4 heterocycles. The molecule has 0 aliphatic carbocycles. The number of aryl methyl sites for hydroxylation is 2. The predicted octanol–water partition coefficient (Wildman–Crippen LogP) is 3.81. The molecule has 0 bridgehead atoms. The highest BCUT2D eigenvalue weighted by atomic mass is 16.3. The molecule has 3 aromatic heterocycles. The van der Waals surface area contributed by atoms with Crippen LogP contribution in [0.3, 0.4) is 0 Å². The molecule has 6 rings (SSSR count). The minimum absolute atomic E-state index is 0.765. The van der Waals surface area contributed by atoms with Gasteiger partial charge in [-0.15, -0.1) is 0 Å². The summed E-state index contributed by atoms with van der Waals surface area (Å²) in [6.45, 7) is 4.96. The van der Waals surface area contributed by atoms with Gasteiger partial charge in [0.15, 0.2) is 6.20 Å². The van der Waals surface area contributed by atoms with E-state index in [4.69, 9.17) is 9.40 Å². The fraction of sp³-hybridized carbons (Fsp3) is 0.158. The lowest BCUT2D eigenvalue weighted by Crippen LogP contribution is -2.37. The summed E-state index contributed by atoms with van der Waals surface area (Å²) in [5.74, 6) is 1.05. The highest BCUT2D eigenvalue weighted by Gasteiger charge is 2.27. The van der Waals surface area contributed by atoms with Gasteiger partial charge in [-0.3, -0.25) is 4.57 Å². The average molecular weight is 300 g/mol. The summed E-state index contributed by atoms with van der Waals surface area (Å²) in [4.78, 5) is 4.76. The van der Waals surface area contributed by atoms with Crippen LogP contribution in [-0.4, -0.2) is 9.55 Å². The first kappa shape index (κ1) is 11.7. The molecule has 5 aromatic rings. The first-order chi connectivity index (χ1) is 11.2. The van der Waals surface area contributed by atoms with Gasteiger partial charge in [0.25, 0.3) is 5.52 Å². The van der Waals surface area contributed by atoms with Crippen molar-refractivity contribution in [2.45, 2.75) is 20.5 Å². The van der Waals surface area contributed by atoms with Gasteiger partial charge >= 0.3 is 0 Å². The van der Waals surface area contributed by atoms with E-state index in [-0.39, 0.29) is 0 Å². The molecule has 0 unspecified atom stereocenters. The number of furan rings is 1. The van der Waals surface area contributed by atoms with E-state index in [1.165, 1.54) is 32.8 Å². The van der Waals surface area contributed by atoms with Gasteiger partial charge in [0.05, 0.1) is 11.0 Å². The molecule has 0 N–H and O–H groups in total. The van der Waals surface area contributed by atoms with E-state index in [9.17, 15) is 0 Å². The number of hydrogen-bond donors (Lipinski definition) is 0. The third-order valence-corrected chi connectivity index (χ3v) is 5.15. The SMILES string of the molecule is Cc1cc[n+]2c3c1oc1ccc4ccc5nc(C)n(c5c4c13)C2. The first-order valence-electron chi connectivity index (χ1n) is 7.86.